The number of nitrogens with zero attached hydrogens (tertiary/aromatic N) is 1. The Balaban J connectivity index is 0.00000312. The zero-order valence-corrected chi connectivity index (χ0v) is 18.2. The summed E-state index contributed by atoms with van der Waals surface area (Å²) >= 11 is 0. The van der Waals surface area contributed by atoms with Crippen LogP contribution in [0.15, 0.2) is 23.2 Å². The summed E-state index contributed by atoms with van der Waals surface area (Å²) in [6.07, 6.45) is 1.41. The van der Waals surface area contributed by atoms with Crippen molar-refractivity contribution < 1.29 is 13.2 Å². The number of halogens is 1. The van der Waals surface area contributed by atoms with Crippen LogP contribution in [0, 0.1) is 6.92 Å². The van der Waals surface area contributed by atoms with Crippen molar-refractivity contribution >= 4 is 39.8 Å². The van der Waals surface area contributed by atoms with Gasteiger partial charge >= 0.3 is 0 Å². The molecule has 8 heteroatoms. The molecule has 0 spiro atoms. The molecule has 0 radical (unpaired) electrons. The number of aliphatic imine (C=N–C) groups is 1. The van der Waals surface area contributed by atoms with Crippen molar-refractivity contribution in [2.45, 2.75) is 32.7 Å². The van der Waals surface area contributed by atoms with Crippen LogP contribution in [-0.2, 0) is 16.3 Å². The fourth-order valence-electron chi connectivity index (χ4n) is 2.81. The fraction of sp³-hybridized carbons (Fsp3) is 0.588. The molecule has 1 unspecified atom stereocenters. The molecule has 25 heavy (non-hydrogen) atoms. The monoisotopic (exact) mass is 481 g/mol. The van der Waals surface area contributed by atoms with Gasteiger partial charge in [-0.05, 0) is 38.3 Å². The lowest BCUT2D eigenvalue weighted by atomic mass is 10.1. The Morgan fingerprint density at radius 1 is 1.40 bits per heavy atom. The molecule has 0 aliphatic carbocycles. The van der Waals surface area contributed by atoms with Gasteiger partial charge in [-0.15, -0.1) is 24.0 Å². The van der Waals surface area contributed by atoms with Gasteiger partial charge in [-0.2, -0.15) is 0 Å². The molecule has 1 atom stereocenters. The van der Waals surface area contributed by atoms with Gasteiger partial charge in [-0.25, -0.2) is 8.42 Å². The average molecular weight is 481 g/mol. The Kier molecular flexibility index (Phi) is 8.98. The number of aryl methyl sites for hydroxylation is 1. The zero-order valence-electron chi connectivity index (χ0n) is 15.0. The Morgan fingerprint density at radius 2 is 2.16 bits per heavy atom. The Bertz CT molecular complexity index is 692. The van der Waals surface area contributed by atoms with Crippen molar-refractivity contribution in [2.75, 3.05) is 31.7 Å². The summed E-state index contributed by atoms with van der Waals surface area (Å²) in [4.78, 5) is 4.57. The second-order valence-electron chi connectivity index (χ2n) is 6.07. The lowest BCUT2D eigenvalue weighted by molar-refractivity contribution is 0.409. The van der Waals surface area contributed by atoms with Crippen LogP contribution < -0.4 is 15.4 Å². The summed E-state index contributed by atoms with van der Waals surface area (Å²) in [6, 6.07) is 6.05. The first-order valence-electron chi connectivity index (χ1n) is 8.32. The van der Waals surface area contributed by atoms with E-state index in [0.29, 0.717) is 18.9 Å². The van der Waals surface area contributed by atoms with Crippen molar-refractivity contribution in [3.63, 3.8) is 0 Å². The van der Waals surface area contributed by atoms with Gasteiger partial charge < -0.3 is 15.4 Å². The second kappa shape index (κ2) is 10.2. The third-order valence-corrected chi connectivity index (χ3v) is 5.77. The molecule has 2 N–H and O–H groups in total. The first kappa shape index (κ1) is 22.0. The molecule has 1 aromatic rings. The van der Waals surface area contributed by atoms with Crippen LogP contribution >= 0.6 is 24.0 Å². The number of methoxy groups -OCH3 is 1. The van der Waals surface area contributed by atoms with E-state index in [0.717, 1.165) is 24.3 Å². The lowest BCUT2D eigenvalue weighted by Gasteiger charge is -2.16. The minimum absolute atomic E-state index is 0. The Labute approximate surface area is 167 Å². The maximum absolute atomic E-state index is 11.6. The number of nitrogens with one attached hydrogen (secondary N) is 2. The van der Waals surface area contributed by atoms with E-state index in [1.54, 1.807) is 7.11 Å². The summed E-state index contributed by atoms with van der Waals surface area (Å²) in [5.74, 6) is 1.98. The molecule has 1 fully saturated rings. The molecule has 1 heterocycles. The van der Waals surface area contributed by atoms with Gasteiger partial charge in [0.2, 0.25) is 0 Å². The zero-order chi connectivity index (χ0) is 17.6. The minimum atomic E-state index is -2.90. The van der Waals surface area contributed by atoms with Gasteiger partial charge in [-0.3, -0.25) is 4.99 Å². The highest BCUT2D eigenvalue weighted by atomic mass is 127. The standard InChI is InChI=1S/C17H27N3O3S.HI/c1-4-18-17(20-15-8-10-24(21,22)12-15)19-9-7-14-11-13(2)5-6-16(14)23-3;/h5-6,11,15H,4,7-10,12H2,1-3H3,(H2,18,19,20);1H. The number of sulfone groups is 1. The molecule has 0 bridgehead atoms. The third kappa shape index (κ3) is 7.01. The molecular formula is C17H28IN3O3S. The molecule has 2 rings (SSSR count). The largest absolute Gasteiger partial charge is 0.496 e. The van der Waals surface area contributed by atoms with Crippen LogP contribution in [0.4, 0.5) is 0 Å². The Morgan fingerprint density at radius 3 is 2.76 bits per heavy atom. The molecule has 1 aliphatic rings. The number of hydrogen-bond acceptors (Lipinski definition) is 4. The van der Waals surface area contributed by atoms with E-state index in [1.807, 2.05) is 19.1 Å². The smallest absolute Gasteiger partial charge is 0.191 e. The molecular weight excluding hydrogens is 453 g/mol. The van der Waals surface area contributed by atoms with Gasteiger partial charge in [0, 0.05) is 19.1 Å². The Hall–Kier alpha value is -1.03. The van der Waals surface area contributed by atoms with E-state index < -0.39 is 9.84 Å². The average Bonchev–Trinajstić information content (AvgIpc) is 2.86. The van der Waals surface area contributed by atoms with E-state index in [1.165, 1.54) is 5.56 Å². The van der Waals surface area contributed by atoms with Crippen LogP contribution in [0.5, 0.6) is 5.75 Å². The summed E-state index contributed by atoms with van der Waals surface area (Å²) in [7, 11) is -1.22. The first-order valence-corrected chi connectivity index (χ1v) is 10.1. The van der Waals surface area contributed by atoms with Crippen molar-refractivity contribution in [1.82, 2.24) is 10.6 Å². The van der Waals surface area contributed by atoms with Crippen LogP contribution in [0.25, 0.3) is 0 Å². The van der Waals surface area contributed by atoms with Gasteiger partial charge in [-0.1, -0.05) is 17.7 Å². The number of rotatable bonds is 6. The number of ether oxygens (including phenoxy) is 1. The third-order valence-electron chi connectivity index (χ3n) is 4.00. The molecule has 0 amide bonds. The molecule has 1 saturated heterocycles. The normalized spacial score (nSPS) is 19.2. The van der Waals surface area contributed by atoms with E-state index in [2.05, 4.69) is 28.6 Å². The van der Waals surface area contributed by atoms with Crippen LogP contribution in [-0.4, -0.2) is 52.1 Å². The SMILES string of the molecule is CCNC(=NCCc1cc(C)ccc1OC)NC1CCS(=O)(=O)C1.I. The fourth-order valence-corrected chi connectivity index (χ4v) is 4.49. The predicted molar refractivity (Wildman–Crippen MR) is 113 cm³/mol. The van der Waals surface area contributed by atoms with E-state index >= 15 is 0 Å². The molecule has 1 aromatic carbocycles. The summed E-state index contributed by atoms with van der Waals surface area (Å²) in [5, 5.41) is 6.40. The molecule has 1 aliphatic heterocycles. The summed E-state index contributed by atoms with van der Waals surface area (Å²) in [6.45, 7) is 5.39. The van der Waals surface area contributed by atoms with Gasteiger partial charge in [0.1, 0.15) is 5.75 Å². The molecule has 0 aromatic heterocycles. The van der Waals surface area contributed by atoms with Crippen molar-refractivity contribution in [3.05, 3.63) is 29.3 Å². The van der Waals surface area contributed by atoms with Crippen molar-refractivity contribution in [2.24, 2.45) is 4.99 Å². The second-order valence-corrected chi connectivity index (χ2v) is 8.30. The molecule has 142 valence electrons. The highest BCUT2D eigenvalue weighted by molar-refractivity contribution is 14.0. The van der Waals surface area contributed by atoms with Crippen LogP contribution in [0.1, 0.15) is 24.5 Å². The summed E-state index contributed by atoms with van der Waals surface area (Å²) < 4.78 is 28.5. The van der Waals surface area contributed by atoms with E-state index in [9.17, 15) is 8.42 Å². The molecule has 0 saturated carbocycles. The maximum Gasteiger partial charge on any atom is 0.191 e. The summed E-state index contributed by atoms with van der Waals surface area (Å²) in [5.41, 5.74) is 2.32. The van der Waals surface area contributed by atoms with Crippen molar-refractivity contribution in [3.8, 4) is 5.75 Å². The highest BCUT2D eigenvalue weighted by Gasteiger charge is 2.28. The number of benzene rings is 1. The van der Waals surface area contributed by atoms with E-state index in [4.69, 9.17) is 4.74 Å². The van der Waals surface area contributed by atoms with E-state index in [-0.39, 0.29) is 41.5 Å². The van der Waals surface area contributed by atoms with Crippen molar-refractivity contribution in [1.29, 1.82) is 0 Å². The van der Waals surface area contributed by atoms with Gasteiger partial charge in [0.25, 0.3) is 0 Å². The quantitative estimate of drug-likeness (QED) is 0.369. The van der Waals surface area contributed by atoms with Crippen LogP contribution in [0.2, 0.25) is 0 Å². The molecule has 6 nitrogen and oxygen atoms in total. The van der Waals surface area contributed by atoms with Crippen LogP contribution in [0.3, 0.4) is 0 Å². The van der Waals surface area contributed by atoms with Gasteiger partial charge in [0.05, 0.1) is 18.6 Å². The predicted octanol–water partition coefficient (Wildman–Crippen LogP) is 1.91. The van der Waals surface area contributed by atoms with Gasteiger partial charge in [0.15, 0.2) is 15.8 Å². The minimum Gasteiger partial charge on any atom is -0.496 e. The maximum atomic E-state index is 11.6. The topological polar surface area (TPSA) is 79.8 Å². The number of guanidine groups is 1. The lowest BCUT2D eigenvalue weighted by Crippen LogP contribution is -2.44. The highest BCUT2D eigenvalue weighted by Crippen LogP contribution is 2.20. The number of hydrogen-bond donors (Lipinski definition) is 2. The first-order chi connectivity index (χ1) is 11.4.